The number of nitrogens with zero attached hydrogens (tertiary/aromatic N) is 7. The number of pyridine rings is 2. The van der Waals surface area contributed by atoms with Crippen LogP contribution in [0.1, 0.15) is 24.1 Å². The molecule has 5 heterocycles. The van der Waals surface area contributed by atoms with Crippen molar-refractivity contribution in [3.05, 3.63) is 66.3 Å². The molecule has 2 aliphatic heterocycles. The van der Waals surface area contributed by atoms with Gasteiger partial charge in [0.1, 0.15) is 23.9 Å². The fourth-order valence-corrected chi connectivity index (χ4v) is 4.53. The molecule has 3 aromatic heterocycles. The Kier molecular flexibility index (Phi) is 4.81. The number of carbonyl (C=O) groups excluding carboxylic acids is 1. The van der Waals surface area contributed by atoms with Crippen LogP contribution in [0, 0.1) is 11.3 Å². The number of allylic oxidation sites excluding steroid dienone is 1. The molecular formula is C22H19F2N7O. The molecule has 10 heteroatoms. The molecule has 2 unspecified atom stereocenters. The number of nitriles is 1. The molecule has 3 aromatic rings. The van der Waals surface area contributed by atoms with Gasteiger partial charge in [-0.3, -0.25) is 4.79 Å². The van der Waals surface area contributed by atoms with E-state index in [1.165, 1.54) is 24.7 Å². The van der Waals surface area contributed by atoms with Gasteiger partial charge in [0.05, 0.1) is 5.56 Å². The third-order valence-electron chi connectivity index (χ3n) is 6.01. The molecular weight excluding hydrogens is 416 g/mol. The summed E-state index contributed by atoms with van der Waals surface area (Å²) in [6.45, 7) is 0.872. The smallest absolute Gasteiger partial charge is 0.308 e. The molecule has 0 aliphatic carbocycles. The summed E-state index contributed by atoms with van der Waals surface area (Å²) in [5.41, 5.74) is 0.446. The minimum absolute atomic E-state index is 0.0657. The Morgan fingerprint density at radius 3 is 2.62 bits per heavy atom. The zero-order valence-corrected chi connectivity index (χ0v) is 17.0. The van der Waals surface area contributed by atoms with Crippen molar-refractivity contribution in [2.24, 2.45) is 0 Å². The monoisotopic (exact) mass is 435 g/mol. The standard InChI is InChI=1S/C22H19F2N7O/c23-22(24,18-2-1-3-20-27-14-28-31(18)20)9-8-21(32)29-12-16-5-6-17(13-29)30(16)19-7-4-15(10-25)11-26-19/h1-4,7-9,11,14,16-17H,5-6,12-13H2/b9-8+. The Balaban J connectivity index is 1.30. The summed E-state index contributed by atoms with van der Waals surface area (Å²) in [5.74, 6) is -3.05. The largest absolute Gasteiger partial charge is 0.347 e. The van der Waals surface area contributed by atoms with Crippen LogP contribution in [0.5, 0.6) is 0 Å². The number of carbonyl (C=O) groups is 1. The van der Waals surface area contributed by atoms with E-state index in [9.17, 15) is 13.6 Å². The van der Waals surface area contributed by atoms with Crippen LogP contribution in [-0.4, -0.2) is 55.6 Å². The van der Waals surface area contributed by atoms with Gasteiger partial charge in [0.2, 0.25) is 5.91 Å². The maximum absolute atomic E-state index is 14.8. The van der Waals surface area contributed by atoms with Gasteiger partial charge >= 0.3 is 5.92 Å². The van der Waals surface area contributed by atoms with Crippen molar-refractivity contribution >= 4 is 17.4 Å². The number of hydrogen-bond acceptors (Lipinski definition) is 6. The van der Waals surface area contributed by atoms with E-state index in [4.69, 9.17) is 5.26 Å². The van der Waals surface area contributed by atoms with Gasteiger partial charge in [0.15, 0.2) is 5.65 Å². The molecule has 2 fully saturated rings. The molecule has 2 aliphatic rings. The number of amides is 1. The molecule has 1 amide bonds. The third-order valence-corrected chi connectivity index (χ3v) is 6.01. The molecule has 5 rings (SSSR count). The van der Waals surface area contributed by atoms with Crippen molar-refractivity contribution in [3.8, 4) is 6.07 Å². The number of piperazine rings is 1. The predicted molar refractivity (Wildman–Crippen MR) is 111 cm³/mol. The van der Waals surface area contributed by atoms with E-state index in [2.05, 4.69) is 26.0 Å². The van der Waals surface area contributed by atoms with Crippen LogP contribution < -0.4 is 4.90 Å². The summed E-state index contributed by atoms with van der Waals surface area (Å²) in [7, 11) is 0. The molecule has 2 atom stereocenters. The summed E-state index contributed by atoms with van der Waals surface area (Å²) >= 11 is 0. The highest BCUT2D eigenvalue weighted by Gasteiger charge is 2.42. The predicted octanol–water partition coefficient (Wildman–Crippen LogP) is 2.52. The maximum atomic E-state index is 14.8. The van der Waals surface area contributed by atoms with Crippen molar-refractivity contribution in [2.45, 2.75) is 30.8 Å². The van der Waals surface area contributed by atoms with Crippen LogP contribution in [0.2, 0.25) is 0 Å². The topological polar surface area (TPSA) is 90.4 Å². The van der Waals surface area contributed by atoms with Gasteiger partial charge in [0.25, 0.3) is 0 Å². The Morgan fingerprint density at radius 2 is 1.94 bits per heavy atom. The number of anilines is 1. The minimum atomic E-state index is -3.38. The molecule has 32 heavy (non-hydrogen) atoms. The number of fused-ring (bicyclic) bond motifs is 3. The fraction of sp³-hybridized carbons (Fsp3) is 0.318. The highest BCUT2D eigenvalue weighted by Crippen LogP contribution is 2.34. The fourth-order valence-electron chi connectivity index (χ4n) is 4.53. The number of aromatic nitrogens is 4. The molecule has 0 saturated carbocycles. The zero-order valence-electron chi connectivity index (χ0n) is 17.0. The van der Waals surface area contributed by atoms with Crippen molar-refractivity contribution in [1.29, 1.82) is 5.26 Å². The Morgan fingerprint density at radius 1 is 1.16 bits per heavy atom. The lowest BCUT2D eigenvalue weighted by Crippen LogP contribution is -2.55. The lowest BCUT2D eigenvalue weighted by molar-refractivity contribution is -0.127. The lowest BCUT2D eigenvalue weighted by Gasteiger charge is -2.41. The minimum Gasteiger partial charge on any atom is -0.347 e. The van der Waals surface area contributed by atoms with Crippen LogP contribution in [0.25, 0.3) is 5.65 Å². The van der Waals surface area contributed by atoms with E-state index in [1.54, 1.807) is 17.0 Å². The van der Waals surface area contributed by atoms with E-state index < -0.39 is 11.8 Å². The van der Waals surface area contributed by atoms with E-state index in [1.807, 2.05) is 6.07 Å². The second kappa shape index (κ2) is 7.67. The van der Waals surface area contributed by atoms with Crippen LogP contribution in [-0.2, 0) is 10.7 Å². The Bertz CT molecular complexity index is 1220. The quantitative estimate of drug-likeness (QED) is 0.585. The number of alkyl halides is 2. The van der Waals surface area contributed by atoms with Crippen LogP contribution in [0.4, 0.5) is 14.6 Å². The Hall–Kier alpha value is -3.87. The van der Waals surface area contributed by atoms with Crippen LogP contribution in [0.3, 0.4) is 0 Å². The maximum Gasteiger partial charge on any atom is 0.308 e. The van der Waals surface area contributed by atoms with E-state index in [0.29, 0.717) is 30.4 Å². The summed E-state index contributed by atoms with van der Waals surface area (Å²) in [5, 5.41) is 12.8. The van der Waals surface area contributed by atoms with E-state index in [0.717, 1.165) is 29.3 Å². The number of likely N-dealkylation sites (tertiary alicyclic amines) is 1. The molecule has 0 N–H and O–H groups in total. The van der Waals surface area contributed by atoms with Crippen LogP contribution >= 0.6 is 0 Å². The van der Waals surface area contributed by atoms with Gasteiger partial charge in [-0.25, -0.2) is 14.5 Å². The number of hydrogen-bond donors (Lipinski definition) is 0. The van der Waals surface area contributed by atoms with Gasteiger partial charge in [-0.15, -0.1) is 0 Å². The summed E-state index contributed by atoms with van der Waals surface area (Å²) in [6.07, 6.45) is 6.11. The first-order valence-corrected chi connectivity index (χ1v) is 10.3. The second-order valence-corrected chi connectivity index (χ2v) is 7.95. The molecule has 0 spiro atoms. The highest BCUT2D eigenvalue weighted by molar-refractivity contribution is 5.88. The van der Waals surface area contributed by atoms with Gasteiger partial charge in [-0.1, -0.05) is 6.07 Å². The molecule has 0 radical (unpaired) electrons. The summed E-state index contributed by atoms with van der Waals surface area (Å²) in [6, 6.07) is 10.0. The SMILES string of the molecule is N#Cc1ccc(N2C3CCC2CN(C(=O)/C=C/C(F)(F)c2cccc4ncnn24)C3)nc1. The van der Waals surface area contributed by atoms with Gasteiger partial charge in [-0.2, -0.15) is 19.1 Å². The third kappa shape index (κ3) is 3.45. The zero-order chi connectivity index (χ0) is 22.3. The van der Waals surface area contributed by atoms with E-state index >= 15 is 0 Å². The van der Waals surface area contributed by atoms with Gasteiger partial charge < -0.3 is 9.80 Å². The number of halogens is 2. The molecule has 162 valence electrons. The van der Waals surface area contributed by atoms with E-state index in [-0.39, 0.29) is 17.8 Å². The van der Waals surface area contributed by atoms with Gasteiger partial charge in [0, 0.05) is 37.4 Å². The Labute approximate surface area is 182 Å². The van der Waals surface area contributed by atoms with Crippen LogP contribution in [0.15, 0.2) is 55.0 Å². The van der Waals surface area contributed by atoms with Crippen molar-refractivity contribution in [3.63, 3.8) is 0 Å². The van der Waals surface area contributed by atoms with Crippen molar-refractivity contribution in [1.82, 2.24) is 24.5 Å². The highest BCUT2D eigenvalue weighted by atomic mass is 19.3. The summed E-state index contributed by atoms with van der Waals surface area (Å²) in [4.78, 5) is 24.8. The average Bonchev–Trinajstić information content (AvgIpc) is 3.39. The first-order chi connectivity index (χ1) is 15.5. The number of rotatable bonds is 4. The van der Waals surface area contributed by atoms with Crippen molar-refractivity contribution in [2.75, 3.05) is 18.0 Å². The second-order valence-electron chi connectivity index (χ2n) is 7.95. The first kappa shape index (κ1) is 20.1. The summed E-state index contributed by atoms with van der Waals surface area (Å²) < 4.78 is 30.7. The molecule has 2 saturated heterocycles. The lowest BCUT2D eigenvalue weighted by atomic mass is 10.1. The average molecular weight is 435 g/mol. The van der Waals surface area contributed by atoms with Crippen molar-refractivity contribution < 1.29 is 13.6 Å². The van der Waals surface area contributed by atoms with Gasteiger partial charge in [-0.05, 0) is 43.2 Å². The molecule has 0 aromatic carbocycles. The first-order valence-electron chi connectivity index (χ1n) is 10.3. The molecule has 8 nitrogen and oxygen atoms in total. The normalized spacial score (nSPS) is 20.8. The molecule has 2 bridgehead atoms.